The van der Waals surface area contributed by atoms with Crippen molar-refractivity contribution in [2.75, 3.05) is 59.5 Å². The second kappa shape index (κ2) is 7.48. The van der Waals surface area contributed by atoms with E-state index in [0.717, 1.165) is 52.2 Å². The second-order valence-electron chi connectivity index (χ2n) is 8.02. The van der Waals surface area contributed by atoms with Gasteiger partial charge in [-0.05, 0) is 43.2 Å². The molecular weight excluding hydrogens is 370 g/mol. The Balaban J connectivity index is 1.36. The molecule has 0 amide bonds. The van der Waals surface area contributed by atoms with Crippen molar-refractivity contribution in [2.45, 2.75) is 29.5 Å². The van der Waals surface area contributed by atoms with Crippen LogP contribution in [-0.2, 0) is 14.8 Å². The zero-order valence-corrected chi connectivity index (χ0v) is 17.1. The van der Waals surface area contributed by atoms with Crippen LogP contribution in [0.1, 0.15) is 19.3 Å². The maximum atomic E-state index is 12.8. The number of likely N-dealkylation sites (N-methyl/N-ethyl adjacent to an activating group) is 1. The van der Waals surface area contributed by atoms with E-state index in [0.29, 0.717) is 23.3 Å². The van der Waals surface area contributed by atoms with Gasteiger partial charge < -0.3 is 9.64 Å². The van der Waals surface area contributed by atoms with Gasteiger partial charge in [-0.3, -0.25) is 4.90 Å². The van der Waals surface area contributed by atoms with Gasteiger partial charge in [0, 0.05) is 45.3 Å². The van der Waals surface area contributed by atoms with Gasteiger partial charge in [0.1, 0.15) is 4.21 Å². The van der Waals surface area contributed by atoms with Crippen LogP contribution in [0.3, 0.4) is 0 Å². The number of piperidine rings is 1. The van der Waals surface area contributed by atoms with Crippen molar-refractivity contribution >= 4 is 21.4 Å². The summed E-state index contributed by atoms with van der Waals surface area (Å²) in [6.45, 7) is 7.26. The summed E-state index contributed by atoms with van der Waals surface area (Å²) in [5, 5.41) is 1.83. The predicted molar refractivity (Wildman–Crippen MR) is 103 cm³/mol. The molecule has 0 saturated carbocycles. The summed E-state index contributed by atoms with van der Waals surface area (Å²) in [5.41, 5.74) is 0.285. The molecule has 1 spiro atoms. The third-order valence-electron chi connectivity index (χ3n) is 6.32. The molecule has 1 aromatic rings. The highest BCUT2D eigenvalue weighted by atomic mass is 32.2. The largest absolute Gasteiger partial charge is 0.379 e. The smallest absolute Gasteiger partial charge is 0.252 e. The van der Waals surface area contributed by atoms with Crippen LogP contribution in [0.4, 0.5) is 0 Å². The van der Waals surface area contributed by atoms with Crippen molar-refractivity contribution in [2.24, 2.45) is 5.41 Å². The zero-order chi connectivity index (χ0) is 18.2. The van der Waals surface area contributed by atoms with Gasteiger partial charge in [-0.2, -0.15) is 4.31 Å². The van der Waals surface area contributed by atoms with Crippen molar-refractivity contribution in [1.29, 1.82) is 0 Å². The highest BCUT2D eigenvalue weighted by Gasteiger charge is 2.46. The number of hydrogen-bond acceptors (Lipinski definition) is 6. The fourth-order valence-corrected chi connectivity index (χ4v) is 7.35. The first kappa shape index (κ1) is 18.8. The molecule has 4 heterocycles. The Labute approximate surface area is 160 Å². The summed E-state index contributed by atoms with van der Waals surface area (Å²) in [5.74, 6) is 0. The van der Waals surface area contributed by atoms with Gasteiger partial charge in [0.15, 0.2) is 0 Å². The van der Waals surface area contributed by atoms with Gasteiger partial charge in [0.05, 0.1) is 13.2 Å². The molecule has 4 rings (SSSR count). The molecule has 1 atom stereocenters. The molecule has 0 radical (unpaired) electrons. The van der Waals surface area contributed by atoms with Gasteiger partial charge in [-0.15, -0.1) is 11.3 Å². The van der Waals surface area contributed by atoms with Gasteiger partial charge in [0.2, 0.25) is 0 Å². The molecule has 1 aromatic heterocycles. The summed E-state index contributed by atoms with van der Waals surface area (Å²) in [6, 6.07) is 4.10. The minimum Gasteiger partial charge on any atom is -0.379 e. The average Bonchev–Trinajstić information content (AvgIpc) is 3.26. The molecule has 0 aliphatic carbocycles. The fraction of sp³-hybridized carbons (Fsp3) is 0.778. The average molecular weight is 400 g/mol. The van der Waals surface area contributed by atoms with Crippen molar-refractivity contribution < 1.29 is 13.2 Å². The summed E-state index contributed by atoms with van der Waals surface area (Å²) in [6.07, 6.45) is 3.14. The first-order valence-corrected chi connectivity index (χ1v) is 11.8. The molecule has 0 N–H and O–H groups in total. The van der Waals surface area contributed by atoms with Crippen LogP contribution in [0.15, 0.2) is 21.7 Å². The maximum Gasteiger partial charge on any atom is 0.252 e. The molecule has 3 aliphatic heterocycles. The molecule has 146 valence electrons. The molecule has 1 unspecified atom stereocenters. The monoisotopic (exact) mass is 399 g/mol. The second-order valence-corrected chi connectivity index (χ2v) is 11.1. The lowest BCUT2D eigenvalue weighted by molar-refractivity contribution is 0.0284. The van der Waals surface area contributed by atoms with Crippen LogP contribution in [0.25, 0.3) is 0 Å². The van der Waals surface area contributed by atoms with Crippen LogP contribution in [0.5, 0.6) is 0 Å². The van der Waals surface area contributed by atoms with E-state index in [-0.39, 0.29) is 5.41 Å². The lowest BCUT2D eigenvalue weighted by Crippen LogP contribution is -2.44. The van der Waals surface area contributed by atoms with Crippen LogP contribution < -0.4 is 0 Å². The predicted octanol–water partition coefficient (Wildman–Crippen LogP) is 1.56. The summed E-state index contributed by atoms with van der Waals surface area (Å²) in [4.78, 5) is 5.01. The third kappa shape index (κ3) is 3.72. The van der Waals surface area contributed by atoms with Crippen molar-refractivity contribution in [3.8, 4) is 0 Å². The number of sulfonamides is 1. The van der Waals surface area contributed by atoms with Crippen molar-refractivity contribution in [1.82, 2.24) is 14.1 Å². The third-order valence-corrected chi connectivity index (χ3v) is 9.59. The van der Waals surface area contributed by atoms with Crippen LogP contribution in [0.2, 0.25) is 0 Å². The SMILES string of the molecule is CN1CC2(CCN(S(=O)(=O)c3cccs3)CC2)CC1CN1CCOCC1. The highest BCUT2D eigenvalue weighted by molar-refractivity contribution is 7.91. The Morgan fingerprint density at radius 3 is 2.62 bits per heavy atom. The number of nitrogens with zero attached hydrogens (tertiary/aromatic N) is 3. The molecule has 8 heteroatoms. The summed E-state index contributed by atoms with van der Waals surface area (Å²) in [7, 11) is -1.07. The van der Waals surface area contributed by atoms with Gasteiger partial charge >= 0.3 is 0 Å². The number of ether oxygens (including phenoxy) is 1. The quantitative estimate of drug-likeness (QED) is 0.769. The Bertz CT molecular complexity index is 693. The molecule has 3 fully saturated rings. The highest BCUT2D eigenvalue weighted by Crippen LogP contribution is 2.44. The Hall–Kier alpha value is -0.510. The molecule has 26 heavy (non-hydrogen) atoms. The summed E-state index contributed by atoms with van der Waals surface area (Å²) < 4.78 is 33.1. The van der Waals surface area contributed by atoms with E-state index in [1.165, 1.54) is 17.8 Å². The topological polar surface area (TPSA) is 53.1 Å². The first-order chi connectivity index (χ1) is 12.5. The van der Waals surface area contributed by atoms with E-state index in [1.807, 2.05) is 11.4 Å². The van der Waals surface area contributed by atoms with Crippen LogP contribution in [-0.4, -0.2) is 88.1 Å². The van der Waals surface area contributed by atoms with E-state index < -0.39 is 10.0 Å². The molecule has 6 nitrogen and oxygen atoms in total. The number of hydrogen-bond donors (Lipinski definition) is 0. The standard InChI is InChI=1S/C18H29N3O3S2/c1-19-15-18(13-16(19)14-20-8-10-24-11-9-20)4-6-21(7-5-18)26(22,23)17-3-2-12-25-17/h2-3,12,16H,4-11,13-15H2,1H3. The number of thiophene rings is 1. The van der Waals surface area contributed by atoms with E-state index in [1.54, 1.807) is 10.4 Å². The molecule has 3 saturated heterocycles. The lowest BCUT2D eigenvalue weighted by Gasteiger charge is -2.38. The van der Waals surface area contributed by atoms with Gasteiger partial charge in [-0.1, -0.05) is 6.07 Å². The van der Waals surface area contributed by atoms with E-state index >= 15 is 0 Å². The number of likely N-dealkylation sites (tertiary alicyclic amines) is 1. The Morgan fingerprint density at radius 1 is 1.23 bits per heavy atom. The van der Waals surface area contributed by atoms with E-state index in [9.17, 15) is 8.42 Å². The molecule has 3 aliphatic rings. The molecular formula is C18H29N3O3S2. The normalized spacial score (nSPS) is 28.7. The fourth-order valence-electron chi connectivity index (χ4n) is 4.76. The first-order valence-electron chi connectivity index (χ1n) is 9.53. The minimum atomic E-state index is -3.30. The van der Waals surface area contributed by atoms with Crippen molar-refractivity contribution in [3.05, 3.63) is 17.5 Å². The zero-order valence-electron chi connectivity index (χ0n) is 15.5. The van der Waals surface area contributed by atoms with Crippen molar-refractivity contribution in [3.63, 3.8) is 0 Å². The van der Waals surface area contributed by atoms with Gasteiger partial charge in [0.25, 0.3) is 10.0 Å². The Morgan fingerprint density at radius 2 is 1.96 bits per heavy atom. The molecule has 0 bridgehead atoms. The van der Waals surface area contributed by atoms with Gasteiger partial charge in [-0.25, -0.2) is 8.42 Å². The van der Waals surface area contributed by atoms with Crippen LogP contribution in [0, 0.1) is 5.41 Å². The number of morpholine rings is 1. The van der Waals surface area contributed by atoms with E-state index in [2.05, 4.69) is 16.8 Å². The van der Waals surface area contributed by atoms with Crippen LogP contribution >= 0.6 is 11.3 Å². The lowest BCUT2D eigenvalue weighted by atomic mass is 9.77. The van der Waals surface area contributed by atoms with E-state index in [4.69, 9.17) is 4.74 Å². The molecule has 0 aromatic carbocycles. The summed E-state index contributed by atoms with van der Waals surface area (Å²) >= 11 is 1.31. The number of rotatable bonds is 4. The Kier molecular flexibility index (Phi) is 5.42. The maximum absolute atomic E-state index is 12.8. The minimum absolute atomic E-state index is 0.285.